The molecule has 0 spiro atoms. The number of fused-ring (bicyclic) bond motifs is 2. The maximum Gasteiger partial charge on any atom is 0.134 e. The van der Waals surface area contributed by atoms with E-state index in [1.165, 1.54) is 78.0 Å². The van der Waals surface area contributed by atoms with Gasteiger partial charge in [0.2, 0.25) is 0 Å². The Hall–Kier alpha value is -0.130. The maximum absolute atomic E-state index is 4.67. The number of quaternary nitrogens is 1. The van der Waals surface area contributed by atoms with Crippen LogP contribution in [0.1, 0.15) is 44.2 Å². The summed E-state index contributed by atoms with van der Waals surface area (Å²) >= 11 is 3.34. The minimum atomic E-state index is 0.676. The largest absolute Gasteiger partial charge is 0.325 e. The van der Waals surface area contributed by atoms with Crippen molar-refractivity contribution in [3.63, 3.8) is 0 Å². The highest BCUT2D eigenvalue weighted by Crippen LogP contribution is 2.44. The fourth-order valence-corrected chi connectivity index (χ4v) is 5.60. The molecule has 0 radical (unpaired) electrons. The van der Waals surface area contributed by atoms with Crippen molar-refractivity contribution >= 4 is 23.5 Å². The van der Waals surface area contributed by atoms with E-state index in [4.69, 9.17) is 0 Å². The van der Waals surface area contributed by atoms with E-state index in [0.29, 0.717) is 5.92 Å². The number of unbranched alkanes of at least 4 members (excludes halogenated alkanes) is 1. The lowest BCUT2D eigenvalue weighted by Gasteiger charge is -2.32. The number of hydrogen-bond acceptors (Lipinski definition) is 4. The fourth-order valence-electron chi connectivity index (χ4n) is 3.74. The molecule has 1 aromatic heterocycles. The first-order valence-corrected chi connectivity index (χ1v) is 9.22. The lowest BCUT2D eigenvalue weighted by atomic mass is 9.89. The first-order chi connectivity index (χ1) is 9.22. The van der Waals surface area contributed by atoms with Crippen LogP contribution in [0.2, 0.25) is 0 Å². The number of hydrogen-bond donors (Lipinski definition) is 0. The quantitative estimate of drug-likeness (QED) is 0.473. The molecule has 3 nitrogen and oxygen atoms in total. The number of nitrogens with zero attached hydrogens (tertiary/aromatic N) is 3. The summed E-state index contributed by atoms with van der Waals surface area (Å²) in [6.45, 7) is 6.26. The average molecular weight is 299 g/mol. The average Bonchev–Trinajstić information content (AvgIpc) is 2.92. The predicted octanol–water partition coefficient (Wildman–Crippen LogP) is 3.38. The molecule has 2 bridgehead atoms. The van der Waals surface area contributed by atoms with Crippen LogP contribution in [0.3, 0.4) is 0 Å². The minimum Gasteiger partial charge on any atom is -0.325 e. The van der Waals surface area contributed by atoms with Gasteiger partial charge in [0.05, 0.1) is 50.0 Å². The third kappa shape index (κ3) is 2.83. The van der Waals surface area contributed by atoms with E-state index in [2.05, 4.69) is 22.7 Å². The Kier molecular flexibility index (Phi) is 4.15. The summed E-state index contributed by atoms with van der Waals surface area (Å²) in [7, 11) is 2.43. The number of likely N-dealkylation sites (N-methyl/N-ethyl adjacent to an activating group) is 1. The summed E-state index contributed by atoms with van der Waals surface area (Å²) in [6, 6.07) is 0. The number of thioether (sulfide) groups is 1. The molecule has 2 aliphatic heterocycles. The first-order valence-electron chi connectivity index (χ1n) is 7.50. The molecule has 0 aliphatic carbocycles. The molecule has 3 heterocycles. The Morgan fingerprint density at radius 2 is 2.26 bits per heavy atom. The third-order valence-corrected chi connectivity index (χ3v) is 6.45. The number of rotatable bonds is 5. The highest BCUT2D eigenvalue weighted by Gasteiger charge is 2.47. The van der Waals surface area contributed by atoms with Crippen molar-refractivity contribution in [2.45, 2.75) is 43.6 Å². The molecule has 3 unspecified atom stereocenters. The molecule has 0 amide bonds. The van der Waals surface area contributed by atoms with E-state index in [0.717, 1.165) is 5.92 Å². The molecule has 5 heteroatoms. The van der Waals surface area contributed by atoms with Crippen LogP contribution in [0.4, 0.5) is 0 Å². The topological polar surface area (TPSA) is 25.8 Å². The van der Waals surface area contributed by atoms with Crippen molar-refractivity contribution in [3.8, 4) is 0 Å². The third-order valence-electron chi connectivity index (χ3n) is 4.72. The molecule has 0 aromatic carbocycles. The molecule has 3 rings (SSSR count). The van der Waals surface area contributed by atoms with Crippen molar-refractivity contribution in [1.82, 2.24) is 8.75 Å². The Morgan fingerprint density at radius 3 is 3.05 bits per heavy atom. The van der Waals surface area contributed by atoms with Crippen molar-refractivity contribution in [2.75, 3.05) is 32.4 Å². The van der Waals surface area contributed by atoms with Gasteiger partial charge in [-0.25, -0.2) is 0 Å². The molecule has 19 heavy (non-hydrogen) atoms. The van der Waals surface area contributed by atoms with Crippen molar-refractivity contribution in [2.24, 2.45) is 5.92 Å². The second-order valence-corrected chi connectivity index (χ2v) is 7.99. The van der Waals surface area contributed by atoms with Gasteiger partial charge in [-0.05, 0) is 25.0 Å². The van der Waals surface area contributed by atoms with E-state index in [1.807, 2.05) is 11.8 Å². The summed E-state index contributed by atoms with van der Waals surface area (Å²) in [5.74, 6) is 2.72. The summed E-state index contributed by atoms with van der Waals surface area (Å²) in [5.41, 5.74) is 1.33. The van der Waals surface area contributed by atoms with E-state index in [-0.39, 0.29) is 0 Å². The van der Waals surface area contributed by atoms with E-state index in [9.17, 15) is 0 Å². The lowest BCUT2D eigenvalue weighted by molar-refractivity contribution is -0.903. The molecule has 1 aromatic rings. The van der Waals surface area contributed by atoms with Gasteiger partial charge < -0.3 is 4.48 Å². The van der Waals surface area contributed by atoms with E-state index >= 15 is 0 Å². The van der Waals surface area contributed by atoms with Gasteiger partial charge in [-0.2, -0.15) is 8.75 Å². The van der Waals surface area contributed by atoms with Gasteiger partial charge >= 0.3 is 0 Å². The van der Waals surface area contributed by atoms with Crippen LogP contribution >= 0.6 is 23.5 Å². The maximum atomic E-state index is 4.67. The second-order valence-electron chi connectivity index (χ2n) is 6.37. The molecule has 106 valence electrons. The minimum absolute atomic E-state index is 0.676. The predicted molar refractivity (Wildman–Crippen MR) is 81.8 cm³/mol. The molecule has 0 saturated carbocycles. The normalized spacial score (nSPS) is 33.8. The van der Waals surface area contributed by atoms with Gasteiger partial charge in [0, 0.05) is 5.92 Å². The zero-order valence-electron chi connectivity index (χ0n) is 12.0. The van der Waals surface area contributed by atoms with Crippen LogP contribution in [0.15, 0.2) is 5.03 Å². The summed E-state index contributed by atoms with van der Waals surface area (Å²) < 4.78 is 10.5. The van der Waals surface area contributed by atoms with Crippen molar-refractivity contribution < 1.29 is 4.48 Å². The van der Waals surface area contributed by atoms with Crippen LogP contribution in [0, 0.1) is 5.92 Å². The van der Waals surface area contributed by atoms with Crippen molar-refractivity contribution in [1.29, 1.82) is 0 Å². The van der Waals surface area contributed by atoms with Crippen LogP contribution in [0.25, 0.3) is 0 Å². The fraction of sp³-hybridized carbons (Fsp3) is 0.857. The molecule has 2 saturated heterocycles. The number of aromatic nitrogens is 2. The summed E-state index contributed by atoms with van der Waals surface area (Å²) in [4.78, 5) is 0. The van der Waals surface area contributed by atoms with Gasteiger partial charge in [0.25, 0.3) is 0 Å². The molecular weight excluding hydrogens is 274 g/mol. The smallest absolute Gasteiger partial charge is 0.134 e. The molecular formula is C14H24N3S2+. The van der Waals surface area contributed by atoms with Crippen LogP contribution in [0.5, 0.6) is 0 Å². The zero-order chi connectivity index (χ0) is 13.3. The zero-order valence-corrected chi connectivity index (χ0v) is 13.6. The molecule has 3 atom stereocenters. The van der Waals surface area contributed by atoms with Gasteiger partial charge in [0.15, 0.2) is 0 Å². The molecule has 0 N–H and O–H groups in total. The standard InChI is InChI=1S/C14H24N3S2/c1-3-4-8-18-14-13(15-19-16-14)12-10-17(2)7-5-6-11(12)9-17/h11-12H,3-10H2,1-2H3/q+1. The number of piperidine rings is 1. The van der Waals surface area contributed by atoms with Gasteiger partial charge in [-0.1, -0.05) is 13.3 Å². The van der Waals surface area contributed by atoms with Gasteiger partial charge in [0.1, 0.15) is 5.03 Å². The lowest BCUT2D eigenvalue weighted by Crippen LogP contribution is -2.44. The van der Waals surface area contributed by atoms with E-state index in [1.54, 1.807) is 0 Å². The van der Waals surface area contributed by atoms with Gasteiger partial charge in [-0.15, -0.1) is 11.8 Å². The van der Waals surface area contributed by atoms with E-state index < -0.39 is 0 Å². The highest BCUT2D eigenvalue weighted by molar-refractivity contribution is 7.99. The molecule has 2 fully saturated rings. The SMILES string of the molecule is CCCCSc1nsnc1C1C[N+]2(C)CCCC1C2. The van der Waals surface area contributed by atoms with Crippen LogP contribution in [-0.4, -0.2) is 45.7 Å². The highest BCUT2D eigenvalue weighted by atomic mass is 32.2. The van der Waals surface area contributed by atoms with Gasteiger partial charge in [-0.3, -0.25) is 0 Å². The molecule has 2 aliphatic rings. The Bertz CT molecular complexity index is 434. The Balaban J connectivity index is 1.74. The van der Waals surface area contributed by atoms with Crippen molar-refractivity contribution in [3.05, 3.63) is 5.69 Å². The van der Waals surface area contributed by atoms with Crippen LogP contribution in [-0.2, 0) is 0 Å². The Labute approximate surface area is 124 Å². The summed E-state index contributed by atoms with van der Waals surface area (Å²) in [5, 5.41) is 1.24. The first kappa shape index (κ1) is 13.8. The monoisotopic (exact) mass is 298 g/mol. The Morgan fingerprint density at radius 1 is 1.37 bits per heavy atom. The summed E-state index contributed by atoms with van der Waals surface area (Å²) in [6.07, 6.45) is 5.34. The van der Waals surface area contributed by atoms with Crippen LogP contribution < -0.4 is 0 Å². The second kappa shape index (κ2) is 5.70.